The summed E-state index contributed by atoms with van der Waals surface area (Å²) in [6.45, 7) is 12.9. The fourth-order valence-corrected chi connectivity index (χ4v) is 8.30. The van der Waals surface area contributed by atoms with E-state index in [0.29, 0.717) is 19.4 Å². The Morgan fingerprint density at radius 3 is 1.41 bits per heavy atom. The summed E-state index contributed by atoms with van der Waals surface area (Å²) in [4.78, 5) is 37.3. The average Bonchev–Trinajstić information content (AvgIpc) is 3.64. The van der Waals surface area contributed by atoms with Crippen molar-refractivity contribution in [3.63, 3.8) is 0 Å². The molecule has 0 aliphatic heterocycles. The van der Waals surface area contributed by atoms with Crippen LogP contribution >= 0.6 is 7.82 Å². The average molecular weight is 880 g/mol. The smallest absolute Gasteiger partial charge is 0.466 e. The van der Waals surface area contributed by atoms with Crippen molar-refractivity contribution < 1.29 is 46.4 Å². The summed E-state index contributed by atoms with van der Waals surface area (Å²) >= 11 is 0. The van der Waals surface area contributed by atoms with Gasteiger partial charge in [0.25, 0.3) is 0 Å². The zero-order chi connectivity index (χ0) is 44.9. The van der Waals surface area contributed by atoms with E-state index in [-0.39, 0.29) is 32.0 Å². The van der Waals surface area contributed by atoms with Crippen molar-refractivity contribution in [3.8, 4) is 0 Å². The van der Waals surface area contributed by atoms with E-state index >= 15 is 0 Å². The number of unbranched alkanes of at least 4 members (excludes halogenated alkanes) is 16. The summed E-state index contributed by atoms with van der Waals surface area (Å²) in [6.07, 6.45) is 25.2. The molecule has 0 fully saturated rings. The maximum atomic E-state index is 12.8. The van der Waals surface area contributed by atoms with Crippen LogP contribution in [0.25, 0.3) is 0 Å². The number of hydrogen-bond acceptors (Lipinski definition) is 10. The van der Waals surface area contributed by atoms with Crippen molar-refractivity contribution in [2.24, 2.45) is 0 Å². The van der Waals surface area contributed by atoms with E-state index in [1.54, 1.807) is 0 Å². The largest absolute Gasteiger partial charge is 0.472 e. The van der Waals surface area contributed by atoms with E-state index in [9.17, 15) is 19.0 Å². The van der Waals surface area contributed by atoms with Crippen molar-refractivity contribution in [2.75, 3.05) is 40.5 Å². The zero-order valence-electron chi connectivity index (χ0n) is 39.8. The first kappa shape index (κ1) is 54.7. The molecule has 0 saturated heterocycles. The van der Waals surface area contributed by atoms with Crippen LogP contribution in [0.2, 0.25) is 0 Å². The highest BCUT2D eigenvalue weighted by molar-refractivity contribution is 7.47. The molecule has 2 aromatic heterocycles. The number of carbonyl (C=O) groups excluding carboxylic acids is 2. The molecular formula is C49H86NO10P. The van der Waals surface area contributed by atoms with Gasteiger partial charge >= 0.3 is 19.8 Å². The number of aryl methyl sites for hydroxylation is 4. The van der Waals surface area contributed by atoms with E-state index in [2.05, 4.69) is 41.5 Å². The Morgan fingerprint density at radius 1 is 0.557 bits per heavy atom. The molecule has 2 atom stereocenters. The third kappa shape index (κ3) is 24.3. The minimum atomic E-state index is -4.39. The van der Waals surface area contributed by atoms with Crippen molar-refractivity contribution in [1.82, 2.24) is 4.90 Å². The van der Waals surface area contributed by atoms with Gasteiger partial charge in [0, 0.05) is 45.1 Å². The highest BCUT2D eigenvalue weighted by atomic mass is 31.2. The lowest BCUT2D eigenvalue weighted by molar-refractivity contribution is -0.161. The van der Waals surface area contributed by atoms with Crippen LogP contribution in [0.5, 0.6) is 0 Å². The molecule has 0 aliphatic rings. The highest BCUT2D eigenvalue weighted by Gasteiger charge is 2.26. The second-order valence-electron chi connectivity index (χ2n) is 17.5. The second kappa shape index (κ2) is 32.3. The van der Waals surface area contributed by atoms with Crippen molar-refractivity contribution in [1.29, 1.82) is 0 Å². The third-order valence-electron chi connectivity index (χ3n) is 11.8. The molecular weight excluding hydrogens is 794 g/mol. The van der Waals surface area contributed by atoms with Gasteiger partial charge in [-0.2, -0.15) is 0 Å². The number of esters is 2. The van der Waals surface area contributed by atoms with Gasteiger partial charge in [-0.05, 0) is 103 Å². The molecule has 0 aliphatic carbocycles. The summed E-state index contributed by atoms with van der Waals surface area (Å²) < 4.78 is 46.0. The number of ether oxygens (including phenoxy) is 2. The lowest BCUT2D eigenvalue weighted by atomic mass is 10.0. The zero-order valence-corrected chi connectivity index (χ0v) is 40.7. The van der Waals surface area contributed by atoms with Crippen LogP contribution in [-0.2, 0) is 58.4 Å². The van der Waals surface area contributed by atoms with Gasteiger partial charge in [-0.1, -0.05) is 104 Å². The topological polar surface area (TPSA) is 138 Å². The maximum absolute atomic E-state index is 12.8. The van der Waals surface area contributed by atoms with E-state index in [1.165, 1.54) is 85.8 Å². The molecule has 11 nitrogen and oxygen atoms in total. The van der Waals surface area contributed by atoms with Crippen LogP contribution in [0.1, 0.15) is 200 Å². The monoisotopic (exact) mass is 880 g/mol. The predicted molar refractivity (Wildman–Crippen MR) is 245 cm³/mol. The van der Waals surface area contributed by atoms with Gasteiger partial charge in [-0.15, -0.1) is 0 Å². The van der Waals surface area contributed by atoms with Crippen LogP contribution in [0.4, 0.5) is 0 Å². The summed E-state index contributed by atoms with van der Waals surface area (Å²) in [5.74, 6) is 3.79. The Kier molecular flexibility index (Phi) is 28.9. The normalized spacial score (nSPS) is 13.2. The first-order valence-corrected chi connectivity index (χ1v) is 25.5. The fourth-order valence-electron chi connectivity index (χ4n) is 7.56. The van der Waals surface area contributed by atoms with Crippen LogP contribution in [0.15, 0.2) is 8.83 Å². The number of rotatable bonds is 38. The molecule has 1 N–H and O–H groups in total. The van der Waals surface area contributed by atoms with Crippen LogP contribution < -0.4 is 0 Å². The molecule has 0 saturated carbocycles. The fraction of sp³-hybridized carbons (Fsp3) is 0.796. The summed E-state index contributed by atoms with van der Waals surface area (Å²) in [7, 11) is -0.744. The molecule has 61 heavy (non-hydrogen) atoms. The van der Waals surface area contributed by atoms with Crippen LogP contribution in [0.3, 0.4) is 0 Å². The molecule has 0 amide bonds. The van der Waals surface area contributed by atoms with Crippen molar-refractivity contribution in [3.05, 3.63) is 45.3 Å². The highest BCUT2D eigenvalue weighted by Crippen LogP contribution is 2.43. The van der Waals surface area contributed by atoms with Gasteiger partial charge in [0.2, 0.25) is 0 Å². The Labute approximate surface area is 370 Å². The molecule has 0 bridgehead atoms. The number of nitrogens with zero attached hydrogens (tertiary/aromatic N) is 1. The molecule has 1 unspecified atom stereocenters. The predicted octanol–water partition coefficient (Wildman–Crippen LogP) is 12.7. The van der Waals surface area contributed by atoms with Gasteiger partial charge in [0.15, 0.2) is 6.10 Å². The number of phosphoric ester groups is 1. The first-order chi connectivity index (χ1) is 29.3. The van der Waals surface area contributed by atoms with Crippen LogP contribution in [-0.4, -0.2) is 68.3 Å². The molecule has 2 heterocycles. The van der Waals surface area contributed by atoms with Gasteiger partial charge in [0.05, 0.1) is 13.2 Å². The third-order valence-corrected chi connectivity index (χ3v) is 12.8. The number of phosphoric acid groups is 1. The molecule has 0 spiro atoms. The molecule has 0 radical (unpaired) electrons. The minimum absolute atomic E-state index is 0.00423. The van der Waals surface area contributed by atoms with Crippen molar-refractivity contribution in [2.45, 2.75) is 215 Å². The number of likely N-dealkylation sites (N-methyl/N-ethyl adjacent to an activating group) is 1. The SMILES string of the molecule is CCCCCc1oc(CCCCCCCCCCC(=O)O[C@H](COC(=O)CCCCCCCCCCc2oc(CCC)c(C)c2C)COP(=O)(O)OCCN(C)C)c(C)c1C. The minimum Gasteiger partial charge on any atom is -0.466 e. The van der Waals surface area contributed by atoms with E-state index in [4.69, 9.17) is 27.4 Å². The van der Waals surface area contributed by atoms with Crippen LogP contribution in [0, 0.1) is 27.7 Å². The van der Waals surface area contributed by atoms with Gasteiger partial charge in [0.1, 0.15) is 29.6 Å². The molecule has 12 heteroatoms. The summed E-state index contributed by atoms with van der Waals surface area (Å²) in [6, 6.07) is 0. The Morgan fingerprint density at radius 2 is 0.967 bits per heavy atom. The molecule has 2 rings (SSSR count). The standard InChI is InChI=1S/C49H86NO10P/c1-9-11-24-30-45-41(5)42(6)47(60-45)32-26-21-17-13-15-19-23-28-34-49(52)58-43(38-57-61(53,54)56-36-35-50(7)8)37-55-48(51)33-27-22-18-14-12-16-20-25-31-46-40(4)39(3)44(59-46)29-10-2/h43H,9-38H2,1-8H3,(H,53,54)/t43-/m1/s1. The Bertz CT molecular complexity index is 1530. The Balaban J connectivity index is 1.62. The molecule has 2 aromatic rings. The quantitative estimate of drug-likeness (QED) is 0.0392. The van der Waals surface area contributed by atoms with Crippen molar-refractivity contribution >= 4 is 19.8 Å². The van der Waals surface area contributed by atoms with E-state index in [1.807, 2.05) is 19.0 Å². The number of hydrogen-bond donors (Lipinski definition) is 1. The summed E-state index contributed by atoms with van der Waals surface area (Å²) in [5.41, 5.74) is 5.28. The van der Waals surface area contributed by atoms with E-state index < -0.39 is 26.5 Å². The lowest BCUT2D eigenvalue weighted by Gasteiger charge is -2.20. The van der Waals surface area contributed by atoms with Gasteiger partial charge in [-0.25, -0.2) is 4.57 Å². The van der Waals surface area contributed by atoms with Gasteiger partial charge in [-0.3, -0.25) is 18.6 Å². The summed E-state index contributed by atoms with van der Waals surface area (Å²) in [5, 5.41) is 0. The van der Waals surface area contributed by atoms with E-state index in [0.717, 1.165) is 101 Å². The van der Waals surface area contributed by atoms with Gasteiger partial charge < -0.3 is 28.1 Å². The molecule has 352 valence electrons. The Hall–Kier alpha value is -2.43. The lowest BCUT2D eigenvalue weighted by Crippen LogP contribution is -2.29. The maximum Gasteiger partial charge on any atom is 0.472 e. The number of carbonyl (C=O) groups is 2. The first-order valence-electron chi connectivity index (χ1n) is 24.0. The second-order valence-corrected chi connectivity index (χ2v) is 18.9. The molecule has 0 aromatic carbocycles. The number of furan rings is 2.